The van der Waals surface area contributed by atoms with Crippen LogP contribution in [-0.2, 0) is 9.59 Å². The topological polar surface area (TPSA) is 34.1 Å². The third kappa shape index (κ3) is 1.08. The van der Waals surface area contributed by atoms with E-state index in [2.05, 4.69) is 6.58 Å². The van der Waals surface area contributed by atoms with E-state index in [9.17, 15) is 9.59 Å². The molecule has 0 aromatic heterocycles. The Balaban J connectivity index is 2.40. The second-order valence-electron chi connectivity index (χ2n) is 4.49. The third-order valence-corrected chi connectivity index (χ3v) is 3.39. The van der Waals surface area contributed by atoms with Crippen LogP contribution in [0.2, 0.25) is 0 Å². The lowest BCUT2D eigenvalue weighted by Gasteiger charge is -2.40. The van der Waals surface area contributed by atoms with Crippen LogP contribution in [0.15, 0.2) is 12.2 Å². The average molecular weight is 178 g/mol. The summed E-state index contributed by atoms with van der Waals surface area (Å²) in [4.78, 5) is 23.4. The Morgan fingerprint density at radius 3 is 2.85 bits per heavy atom. The Morgan fingerprint density at radius 1 is 1.46 bits per heavy atom. The molecule has 2 fully saturated rings. The molecule has 0 amide bonds. The van der Waals surface area contributed by atoms with E-state index >= 15 is 0 Å². The number of carbonyl (C=O) groups is 2. The van der Waals surface area contributed by atoms with Gasteiger partial charge in [0.1, 0.15) is 11.6 Å². The first-order chi connectivity index (χ1) is 6.04. The van der Waals surface area contributed by atoms with Crippen molar-refractivity contribution in [2.45, 2.75) is 32.6 Å². The van der Waals surface area contributed by atoms with Crippen molar-refractivity contribution in [3.05, 3.63) is 12.2 Å². The molecule has 0 aliphatic heterocycles. The van der Waals surface area contributed by atoms with E-state index in [4.69, 9.17) is 0 Å². The van der Waals surface area contributed by atoms with Crippen LogP contribution < -0.4 is 0 Å². The first-order valence-electron chi connectivity index (χ1n) is 4.78. The van der Waals surface area contributed by atoms with Crippen molar-refractivity contribution < 1.29 is 9.59 Å². The van der Waals surface area contributed by atoms with E-state index in [-0.39, 0.29) is 17.5 Å². The zero-order valence-corrected chi connectivity index (χ0v) is 7.93. The quantitative estimate of drug-likeness (QED) is 0.419. The maximum absolute atomic E-state index is 11.8. The molecule has 0 unspecified atom stereocenters. The summed E-state index contributed by atoms with van der Waals surface area (Å²) in [5.41, 5.74) is 0.360. The summed E-state index contributed by atoms with van der Waals surface area (Å²) in [7, 11) is 0. The van der Waals surface area contributed by atoms with Crippen LogP contribution in [0, 0.1) is 11.3 Å². The molecule has 0 N–H and O–H groups in total. The number of carbonyl (C=O) groups excluding carboxylic acids is 2. The zero-order valence-electron chi connectivity index (χ0n) is 7.93. The minimum atomic E-state index is -0.710. The van der Waals surface area contributed by atoms with E-state index < -0.39 is 5.41 Å². The van der Waals surface area contributed by atoms with Crippen LogP contribution in [0.5, 0.6) is 0 Å². The van der Waals surface area contributed by atoms with Gasteiger partial charge in [-0.1, -0.05) is 12.2 Å². The van der Waals surface area contributed by atoms with Crippen molar-refractivity contribution in [3.63, 3.8) is 0 Å². The molecule has 2 saturated carbocycles. The highest BCUT2D eigenvalue weighted by Gasteiger charge is 2.50. The standard InChI is InChI=1S/C11H14O2/c1-7-5-8-3-4-9(12)11(2,6-7)10(8)13/h8H,1,3-6H2,2H3/t8-,11-/m1/s1. The van der Waals surface area contributed by atoms with Gasteiger partial charge < -0.3 is 0 Å². The van der Waals surface area contributed by atoms with Crippen molar-refractivity contribution in [1.82, 2.24) is 0 Å². The molecular formula is C11H14O2. The first kappa shape index (κ1) is 8.67. The lowest BCUT2D eigenvalue weighted by atomic mass is 9.60. The fourth-order valence-electron chi connectivity index (χ4n) is 2.60. The minimum absolute atomic E-state index is 0.0870. The highest BCUT2D eigenvalue weighted by atomic mass is 16.2. The fourth-order valence-corrected chi connectivity index (χ4v) is 2.60. The molecule has 2 heteroatoms. The van der Waals surface area contributed by atoms with Crippen molar-refractivity contribution >= 4 is 11.6 Å². The average Bonchev–Trinajstić information content (AvgIpc) is 2.05. The number of ketones is 2. The highest BCUT2D eigenvalue weighted by molar-refractivity contribution is 6.10. The second kappa shape index (κ2) is 2.53. The Kier molecular flexibility index (Phi) is 1.69. The van der Waals surface area contributed by atoms with Crippen LogP contribution in [0.4, 0.5) is 0 Å². The monoisotopic (exact) mass is 178 g/mol. The summed E-state index contributed by atoms with van der Waals surface area (Å²) in [6, 6.07) is 0. The summed E-state index contributed by atoms with van der Waals surface area (Å²) in [5.74, 6) is 0.370. The van der Waals surface area contributed by atoms with Gasteiger partial charge in [0.15, 0.2) is 0 Å². The maximum Gasteiger partial charge on any atom is 0.149 e. The molecule has 70 valence electrons. The summed E-state index contributed by atoms with van der Waals surface area (Å²) in [5, 5.41) is 0. The highest BCUT2D eigenvalue weighted by Crippen LogP contribution is 2.45. The lowest BCUT2D eigenvalue weighted by molar-refractivity contribution is -0.147. The van der Waals surface area contributed by atoms with Gasteiger partial charge in [0.2, 0.25) is 0 Å². The van der Waals surface area contributed by atoms with Gasteiger partial charge in [-0.05, 0) is 26.2 Å². The van der Waals surface area contributed by atoms with Gasteiger partial charge in [-0.3, -0.25) is 9.59 Å². The van der Waals surface area contributed by atoms with E-state index in [1.54, 1.807) is 6.92 Å². The molecule has 0 aromatic carbocycles. The SMILES string of the molecule is C=C1C[C@H]2CCC(=O)[C@@](C)(C1)C2=O. The van der Waals surface area contributed by atoms with Crippen molar-refractivity contribution in [3.8, 4) is 0 Å². The molecule has 2 rings (SSSR count). The van der Waals surface area contributed by atoms with Gasteiger partial charge in [-0.2, -0.15) is 0 Å². The Bertz CT molecular complexity index is 303. The van der Waals surface area contributed by atoms with E-state index in [0.29, 0.717) is 12.8 Å². The molecule has 13 heavy (non-hydrogen) atoms. The summed E-state index contributed by atoms with van der Waals surface area (Å²) in [6.45, 7) is 5.69. The van der Waals surface area contributed by atoms with E-state index in [0.717, 1.165) is 18.4 Å². The molecule has 0 aromatic rings. The van der Waals surface area contributed by atoms with Gasteiger partial charge in [-0.25, -0.2) is 0 Å². The largest absolute Gasteiger partial charge is 0.299 e. The number of fused-ring (bicyclic) bond motifs is 2. The van der Waals surface area contributed by atoms with Crippen LogP contribution in [0.3, 0.4) is 0 Å². The predicted octanol–water partition coefficient (Wildman–Crippen LogP) is 1.89. The number of Topliss-reactive ketones (excluding diaryl/α,β-unsaturated/α-hetero) is 2. The summed E-state index contributed by atoms with van der Waals surface area (Å²) < 4.78 is 0. The van der Waals surface area contributed by atoms with Crippen LogP contribution >= 0.6 is 0 Å². The first-order valence-corrected chi connectivity index (χ1v) is 4.78. The van der Waals surface area contributed by atoms with Crippen LogP contribution in [0.25, 0.3) is 0 Å². The third-order valence-electron chi connectivity index (χ3n) is 3.39. The summed E-state index contributed by atoms with van der Waals surface area (Å²) in [6.07, 6.45) is 2.72. The van der Waals surface area contributed by atoms with E-state index in [1.165, 1.54) is 0 Å². The predicted molar refractivity (Wildman–Crippen MR) is 49.2 cm³/mol. The molecule has 0 heterocycles. The molecular weight excluding hydrogens is 164 g/mol. The molecule has 2 aliphatic carbocycles. The van der Waals surface area contributed by atoms with Gasteiger partial charge in [-0.15, -0.1) is 0 Å². The molecule has 2 atom stereocenters. The van der Waals surface area contributed by atoms with E-state index in [1.807, 2.05) is 0 Å². The normalized spacial score (nSPS) is 39.5. The van der Waals surface area contributed by atoms with Gasteiger partial charge >= 0.3 is 0 Å². The smallest absolute Gasteiger partial charge is 0.149 e. The number of hydrogen-bond donors (Lipinski definition) is 0. The van der Waals surface area contributed by atoms with Gasteiger partial charge in [0, 0.05) is 12.3 Å². The molecule has 2 bridgehead atoms. The van der Waals surface area contributed by atoms with Crippen molar-refractivity contribution in [1.29, 1.82) is 0 Å². The van der Waals surface area contributed by atoms with Crippen molar-refractivity contribution in [2.24, 2.45) is 11.3 Å². The molecule has 0 saturated heterocycles. The van der Waals surface area contributed by atoms with Crippen molar-refractivity contribution in [2.75, 3.05) is 0 Å². The Hall–Kier alpha value is -0.920. The molecule has 2 aliphatic rings. The van der Waals surface area contributed by atoms with Crippen LogP contribution in [-0.4, -0.2) is 11.6 Å². The van der Waals surface area contributed by atoms with Crippen LogP contribution in [0.1, 0.15) is 32.6 Å². The molecule has 0 radical (unpaired) electrons. The van der Waals surface area contributed by atoms with Gasteiger partial charge in [0.25, 0.3) is 0 Å². The Morgan fingerprint density at radius 2 is 2.15 bits per heavy atom. The summed E-state index contributed by atoms with van der Waals surface area (Å²) >= 11 is 0. The fraction of sp³-hybridized carbons (Fsp3) is 0.636. The maximum atomic E-state index is 11.8. The number of hydrogen-bond acceptors (Lipinski definition) is 2. The molecule has 2 nitrogen and oxygen atoms in total. The number of allylic oxidation sites excluding steroid dienone is 1. The Labute approximate surface area is 78.0 Å². The molecule has 0 spiro atoms. The zero-order chi connectivity index (χ0) is 9.64. The van der Waals surface area contributed by atoms with Gasteiger partial charge in [0.05, 0.1) is 5.41 Å². The minimum Gasteiger partial charge on any atom is -0.299 e. The second-order valence-corrected chi connectivity index (χ2v) is 4.49. The number of rotatable bonds is 0. The lowest BCUT2D eigenvalue weighted by Crippen LogP contribution is -2.48.